The first-order valence-corrected chi connectivity index (χ1v) is 6.18. The molecule has 1 aromatic carbocycles. The molecule has 1 aromatic rings. The van der Waals surface area contributed by atoms with Gasteiger partial charge in [0.25, 0.3) is 5.91 Å². The number of aliphatic carboxylic acids is 1. The minimum absolute atomic E-state index is 0.268. The Bertz CT molecular complexity index is 595. The van der Waals surface area contributed by atoms with Crippen LogP contribution in [0.25, 0.3) is 6.08 Å². The second-order valence-electron chi connectivity index (χ2n) is 4.11. The van der Waals surface area contributed by atoms with E-state index in [1.807, 2.05) is 0 Å². The summed E-state index contributed by atoms with van der Waals surface area (Å²) in [5.41, 5.74) is 1.10. The van der Waals surface area contributed by atoms with Crippen molar-refractivity contribution in [3.05, 3.63) is 35.5 Å². The van der Waals surface area contributed by atoms with E-state index in [0.29, 0.717) is 11.4 Å². The average molecular weight is 291 g/mol. The summed E-state index contributed by atoms with van der Waals surface area (Å²) in [7, 11) is 0. The molecule has 0 aromatic heterocycles. The van der Waals surface area contributed by atoms with Crippen LogP contribution >= 0.6 is 12.2 Å². The molecule has 0 aliphatic carbocycles. The van der Waals surface area contributed by atoms with Crippen molar-refractivity contribution >= 4 is 35.3 Å². The second-order valence-corrected chi connectivity index (χ2v) is 4.52. The molecule has 1 amide bonds. The van der Waals surface area contributed by atoms with Crippen molar-refractivity contribution in [1.82, 2.24) is 10.6 Å². The number of hydrogen-bond acceptors (Lipinski definition) is 5. The first kappa shape index (κ1) is 14.0. The van der Waals surface area contributed by atoms with E-state index in [1.165, 1.54) is 6.92 Å². The van der Waals surface area contributed by atoms with Gasteiger partial charge in [0.05, 0.1) is 5.97 Å². The third kappa shape index (κ3) is 3.33. The number of amides is 1. The number of thiocarbonyl (C=S) groups is 1. The maximum absolute atomic E-state index is 11.5. The summed E-state index contributed by atoms with van der Waals surface area (Å²) in [6.07, 6.45) is 0.597. The highest BCUT2D eigenvalue weighted by atomic mass is 32.1. The van der Waals surface area contributed by atoms with Crippen LogP contribution in [0.4, 0.5) is 0 Å². The molecule has 20 heavy (non-hydrogen) atoms. The molecular formula is C13H11N2O4S-. The zero-order chi connectivity index (χ0) is 14.7. The van der Waals surface area contributed by atoms with E-state index in [-0.39, 0.29) is 11.0 Å². The lowest BCUT2D eigenvalue weighted by Gasteiger charge is -2.15. The molecule has 1 aliphatic heterocycles. The zero-order valence-electron chi connectivity index (χ0n) is 10.5. The topological polar surface area (TPSA) is 90.5 Å². The molecule has 0 spiro atoms. The number of hydrogen-bond donors (Lipinski definition) is 2. The minimum Gasteiger partial charge on any atom is -0.546 e. The fourth-order valence-electron chi connectivity index (χ4n) is 1.54. The third-order valence-electron chi connectivity index (χ3n) is 2.56. The van der Waals surface area contributed by atoms with Crippen LogP contribution in [-0.2, 0) is 9.59 Å². The molecule has 1 aliphatic rings. The van der Waals surface area contributed by atoms with E-state index in [0.717, 1.165) is 5.56 Å². The predicted octanol–water partition coefficient (Wildman–Crippen LogP) is -0.451. The number of carboxylic acid groups (broad SMARTS) is 1. The highest BCUT2D eigenvalue weighted by Crippen LogP contribution is 2.16. The Labute approximate surface area is 120 Å². The monoisotopic (exact) mass is 291 g/mol. The molecule has 0 radical (unpaired) electrons. The number of carbonyl (C=O) groups is 2. The van der Waals surface area contributed by atoms with Gasteiger partial charge in [0.15, 0.2) is 5.11 Å². The third-order valence-corrected chi connectivity index (χ3v) is 2.76. The Balaban J connectivity index is 2.09. The number of carbonyl (C=O) groups excluding carboxylic acids is 2. The fourth-order valence-corrected chi connectivity index (χ4v) is 1.75. The Kier molecular flexibility index (Phi) is 3.99. The van der Waals surface area contributed by atoms with Crippen molar-refractivity contribution in [2.45, 2.75) is 13.0 Å². The number of carboxylic acids is 1. The summed E-state index contributed by atoms with van der Waals surface area (Å²) in [5.74, 6) is -1.17. The molecule has 1 atom stereocenters. The van der Waals surface area contributed by atoms with E-state index in [9.17, 15) is 14.7 Å². The molecule has 0 unspecified atom stereocenters. The van der Waals surface area contributed by atoms with Crippen LogP contribution < -0.4 is 20.5 Å². The van der Waals surface area contributed by atoms with Crippen LogP contribution in [0.5, 0.6) is 5.75 Å². The molecule has 7 heteroatoms. The second kappa shape index (κ2) is 5.70. The molecule has 2 N–H and O–H groups in total. The van der Waals surface area contributed by atoms with Gasteiger partial charge in [-0.1, -0.05) is 12.1 Å². The van der Waals surface area contributed by atoms with Crippen LogP contribution in [-0.4, -0.2) is 23.1 Å². The fraction of sp³-hybridized carbons (Fsp3) is 0.154. The van der Waals surface area contributed by atoms with Crippen molar-refractivity contribution in [2.75, 3.05) is 0 Å². The van der Waals surface area contributed by atoms with E-state index < -0.39 is 12.1 Å². The van der Waals surface area contributed by atoms with Crippen molar-refractivity contribution in [3.63, 3.8) is 0 Å². The van der Waals surface area contributed by atoms with Gasteiger partial charge in [-0.05, 0) is 42.9 Å². The lowest BCUT2D eigenvalue weighted by molar-refractivity contribution is -0.312. The van der Waals surface area contributed by atoms with Crippen molar-refractivity contribution in [2.24, 2.45) is 0 Å². The number of nitrogens with one attached hydrogen (secondary N) is 2. The molecule has 1 fully saturated rings. The standard InChI is InChI=1S/C13H12N2O4S/c1-7(12(17)18)19-9-4-2-8(3-5-9)6-10-11(16)15-13(20)14-10/h2-7H,1H3,(H,17,18)(H2,14,15,16,20)/p-1/b10-6+/t7-/m0/s1. The average Bonchev–Trinajstić information content (AvgIpc) is 2.70. The maximum Gasteiger partial charge on any atom is 0.273 e. The molecule has 104 valence electrons. The van der Waals surface area contributed by atoms with E-state index >= 15 is 0 Å². The van der Waals surface area contributed by atoms with Crippen LogP contribution in [0.1, 0.15) is 12.5 Å². The Morgan fingerprint density at radius 2 is 2.00 bits per heavy atom. The normalized spacial score (nSPS) is 17.6. The van der Waals surface area contributed by atoms with Crippen LogP contribution in [0.3, 0.4) is 0 Å². The lowest BCUT2D eigenvalue weighted by atomic mass is 10.2. The van der Waals surface area contributed by atoms with Crippen LogP contribution in [0, 0.1) is 0 Å². The molecule has 6 nitrogen and oxygen atoms in total. The predicted molar refractivity (Wildman–Crippen MR) is 73.4 cm³/mol. The molecular weight excluding hydrogens is 280 g/mol. The van der Waals surface area contributed by atoms with Crippen molar-refractivity contribution < 1.29 is 19.4 Å². The number of rotatable bonds is 4. The highest BCUT2D eigenvalue weighted by Gasteiger charge is 2.19. The van der Waals surface area contributed by atoms with Gasteiger partial charge in [-0.15, -0.1) is 0 Å². The van der Waals surface area contributed by atoms with E-state index in [4.69, 9.17) is 17.0 Å². The first-order chi connectivity index (χ1) is 9.45. The Hall–Kier alpha value is -2.41. The van der Waals surface area contributed by atoms with Gasteiger partial charge < -0.3 is 20.0 Å². The van der Waals surface area contributed by atoms with Crippen LogP contribution in [0.2, 0.25) is 0 Å². The van der Waals surface area contributed by atoms with Gasteiger partial charge in [-0.25, -0.2) is 0 Å². The van der Waals surface area contributed by atoms with Gasteiger partial charge in [0.2, 0.25) is 0 Å². The zero-order valence-corrected chi connectivity index (χ0v) is 11.3. The SMILES string of the molecule is C[C@H](Oc1ccc(/C=C2/NC(=S)NC2=O)cc1)C(=O)[O-]. The molecule has 0 bridgehead atoms. The Morgan fingerprint density at radius 1 is 1.35 bits per heavy atom. The van der Waals surface area contributed by atoms with Gasteiger partial charge in [-0.2, -0.15) is 0 Å². The molecule has 0 saturated carbocycles. The summed E-state index contributed by atoms with van der Waals surface area (Å²) in [5, 5.41) is 16.0. The smallest absolute Gasteiger partial charge is 0.273 e. The summed E-state index contributed by atoms with van der Waals surface area (Å²) >= 11 is 4.82. The highest BCUT2D eigenvalue weighted by molar-refractivity contribution is 7.80. The first-order valence-electron chi connectivity index (χ1n) is 5.77. The Morgan fingerprint density at radius 3 is 2.50 bits per heavy atom. The maximum atomic E-state index is 11.5. The summed E-state index contributed by atoms with van der Waals surface area (Å²) in [4.78, 5) is 22.0. The summed E-state index contributed by atoms with van der Waals surface area (Å²) in [6.45, 7) is 1.39. The van der Waals surface area contributed by atoms with Gasteiger partial charge in [-0.3, -0.25) is 10.1 Å². The number of ether oxygens (including phenoxy) is 1. The van der Waals surface area contributed by atoms with Gasteiger partial charge >= 0.3 is 0 Å². The van der Waals surface area contributed by atoms with Gasteiger partial charge in [0.1, 0.15) is 17.6 Å². The summed E-state index contributed by atoms with van der Waals surface area (Å²) in [6, 6.07) is 6.61. The quantitative estimate of drug-likeness (QED) is 0.577. The van der Waals surface area contributed by atoms with E-state index in [1.54, 1.807) is 30.3 Å². The molecule has 1 saturated heterocycles. The largest absolute Gasteiger partial charge is 0.546 e. The van der Waals surface area contributed by atoms with Crippen LogP contribution in [0.15, 0.2) is 30.0 Å². The molecule has 1 heterocycles. The molecule has 2 rings (SSSR count). The van der Waals surface area contributed by atoms with Crippen molar-refractivity contribution in [1.29, 1.82) is 0 Å². The summed E-state index contributed by atoms with van der Waals surface area (Å²) < 4.78 is 5.14. The van der Waals surface area contributed by atoms with Gasteiger partial charge in [0, 0.05) is 0 Å². The van der Waals surface area contributed by atoms with E-state index in [2.05, 4.69) is 10.6 Å². The number of benzene rings is 1. The lowest BCUT2D eigenvalue weighted by Crippen LogP contribution is -2.37. The van der Waals surface area contributed by atoms with Crippen molar-refractivity contribution in [3.8, 4) is 5.75 Å². The minimum atomic E-state index is -1.28.